The maximum atomic E-state index is 10.9. The predicted molar refractivity (Wildman–Crippen MR) is 61.9 cm³/mol. The summed E-state index contributed by atoms with van der Waals surface area (Å²) in [5.41, 5.74) is 0.0720. The van der Waals surface area contributed by atoms with Crippen LogP contribution in [0.2, 0.25) is 0 Å². The zero-order valence-corrected chi connectivity index (χ0v) is 9.28. The minimum absolute atomic E-state index is 0.0720. The van der Waals surface area contributed by atoms with Gasteiger partial charge in [-0.3, -0.25) is 0 Å². The second-order valence-electron chi connectivity index (χ2n) is 2.99. The van der Waals surface area contributed by atoms with Gasteiger partial charge in [0.15, 0.2) is 5.82 Å². The van der Waals surface area contributed by atoms with Crippen molar-refractivity contribution in [3.63, 3.8) is 0 Å². The van der Waals surface area contributed by atoms with Gasteiger partial charge >= 0.3 is 5.97 Å². The van der Waals surface area contributed by atoms with Crippen LogP contribution in [0.4, 0.5) is 5.82 Å². The molecular weight excluding hydrogens is 226 g/mol. The van der Waals surface area contributed by atoms with Crippen molar-refractivity contribution in [1.82, 2.24) is 9.97 Å². The molecule has 0 aliphatic rings. The van der Waals surface area contributed by atoms with Gasteiger partial charge in [0.25, 0.3) is 0 Å². The van der Waals surface area contributed by atoms with Gasteiger partial charge in [0, 0.05) is 13.2 Å². The van der Waals surface area contributed by atoms with Gasteiger partial charge in [-0.2, -0.15) is 0 Å². The molecule has 2 aromatic heterocycles. The van der Waals surface area contributed by atoms with Crippen molar-refractivity contribution in [2.45, 2.75) is 0 Å². The molecule has 0 saturated carbocycles. The Morgan fingerprint density at radius 3 is 2.94 bits per heavy atom. The summed E-state index contributed by atoms with van der Waals surface area (Å²) in [5, 5.41) is 13.6. The number of hydrogen-bond acceptors (Lipinski definition) is 5. The number of nitrogens with zero attached hydrogens (tertiary/aromatic N) is 2. The molecule has 0 unspecified atom stereocenters. The molecule has 2 aromatic rings. The first-order chi connectivity index (χ1) is 7.72. The molecule has 0 aliphatic carbocycles. The van der Waals surface area contributed by atoms with Gasteiger partial charge in [-0.25, -0.2) is 14.8 Å². The highest BCUT2D eigenvalue weighted by atomic mass is 32.1. The number of rotatable bonds is 3. The maximum absolute atomic E-state index is 10.9. The molecule has 6 heteroatoms. The van der Waals surface area contributed by atoms with Crippen LogP contribution >= 0.6 is 11.3 Å². The Balaban J connectivity index is 2.49. The lowest BCUT2D eigenvalue weighted by Crippen LogP contribution is -2.06. The Bertz CT molecular complexity index is 511. The summed E-state index contributed by atoms with van der Waals surface area (Å²) in [5.74, 6) is -0.183. The standard InChI is InChI=1S/C10H9N3O2S/c1-11-8-6(10(14)15)5-12-9(13-8)7-3-2-4-16-7/h2-5H,1H3,(H,14,15)(H,11,12,13). The lowest BCUT2D eigenvalue weighted by atomic mass is 10.3. The number of carboxylic acids is 1. The summed E-state index contributed by atoms with van der Waals surface area (Å²) in [7, 11) is 1.63. The van der Waals surface area contributed by atoms with Crippen molar-refractivity contribution in [1.29, 1.82) is 0 Å². The van der Waals surface area contributed by atoms with Crippen molar-refractivity contribution < 1.29 is 9.90 Å². The highest BCUT2D eigenvalue weighted by Crippen LogP contribution is 2.23. The third-order valence-corrected chi connectivity index (χ3v) is 2.86. The summed E-state index contributed by atoms with van der Waals surface area (Å²) < 4.78 is 0. The Morgan fingerprint density at radius 1 is 1.56 bits per heavy atom. The van der Waals surface area contributed by atoms with Crippen LogP contribution in [0.25, 0.3) is 10.7 Å². The Morgan fingerprint density at radius 2 is 2.38 bits per heavy atom. The third kappa shape index (κ3) is 1.87. The van der Waals surface area contributed by atoms with E-state index >= 15 is 0 Å². The van der Waals surface area contributed by atoms with Crippen LogP contribution in [0.15, 0.2) is 23.7 Å². The van der Waals surface area contributed by atoms with Gasteiger partial charge in [0.1, 0.15) is 11.4 Å². The second kappa shape index (κ2) is 4.28. The van der Waals surface area contributed by atoms with E-state index in [1.165, 1.54) is 17.5 Å². The molecule has 0 saturated heterocycles. The van der Waals surface area contributed by atoms with Crippen LogP contribution in [0.5, 0.6) is 0 Å². The molecule has 2 heterocycles. The van der Waals surface area contributed by atoms with E-state index in [9.17, 15) is 4.79 Å². The molecule has 0 bridgehead atoms. The van der Waals surface area contributed by atoms with Crippen molar-refractivity contribution >= 4 is 23.1 Å². The predicted octanol–water partition coefficient (Wildman–Crippen LogP) is 1.94. The van der Waals surface area contributed by atoms with Gasteiger partial charge in [-0.15, -0.1) is 11.3 Å². The number of carboxylic acid groups (broad SMARTS) is 1. The number of carbonyl (C=O) groups is 1. The van der Waals surface area contributed by atoms with Crippen molar-refractivity contribution in [2.24, 2.45) is 0 Å². The first-order valence-electron chi connectivity index (χ1n) is 4.54. The van der Waals surface area contributed by atoms with E-state index in [0.29, 0.717) is 11.6 Å². The van der Waals surface area contributed by atoms with Crippen LogP contribution in [0.3, 0.4) is 0 Å². The molecule has 82 valence electrons. The Hall–Kier alpha value is -1.95. The molecule has 2 rings (SSSR count). The quantitative estimate of drug-likeness (QED) is 0.850. The lowest BCUT2D eigenvalue weighted by molar-refractivity contribution is 0.0697. The fraction of sp³-hybridized carbons (Fsp3) is 0.100. The molecular formula is C10H9N3O2S. The second-order valence-corrected chi connectivity index (χ2v) is 3.94. The molecule has 0 aromatic carbocycles. The van der Waals surface area contributed by atoms with Crippen LogP contribution in [-0.4, -0.2) is 28.1 Å². The van der Waals surface area contributed by atoms with Gasteiger partial charge in [-0.1, -0.05) is 6.07 Å². The van der Waals surface area contributed by atoms with Crippen molar-refractivity contribution in [2.75, 3.05) is 12.4 Å². The largest absolute Gasteiger partial charge is 0.477 e. The highest BCUT2D eigenvalue weighted by Gasteiger charge is 2.13. The molecule has 16 heavy (non-hydrogen) atoms. The average Bonchev–Trinajstić information content (AvgIpc) is 2.81. The molecule has 0 spiro atoms. The van der Waals surface area contributed by atoms with E-state index in [4.69, 9.17) is 5.11 Å². The highest BCUT2D eigenvalue weighted by molar-refractivity contribution is 7.13. The summed E-state index contributed by atoms with van der Waals surface area (Å²) in [6, 6.07) is 3.79. The number of nitrogens with one attached hydrogen (secondary N) is 1. The zero-order valence-electron chi connectivity index (χ0n) is 8.47. The first-order valence-corrected chi connectivity index (χ1v) is 5.42. The summed E-state index contributed by atoms with van der Waals surface area (Å²) in [6.45, 7) is 0. The summed E-state index contributed by atoms with van der Waals surface area (Å²) in [6.07, 6.45) is 1.32. The molecule has 0 aliphatic heterocycles. The minimum atomic E-state index is -1.04. The van der Waals surface area contributed by atoms with Gasteiger partial charge in [-0.05, 0) is 11.4 Å². The number of hydrogen-bond donors (Lipinski definition) is 2. The number of aromatic nitrogens is 2. The topological polar surface area (TPSA) is 75.1 Å². The van der Waals surface area contributed by atoms with E-state index in [-0.39, 0.29) is 5.56 Å². The molecule has 0 atom stereocenters. The van der Waals surface area contributed by atoms with Crippen LogP contribution in [0.1, 0.15) is 10.4 Å². The minimum Gasteiger partial charge on any atom is -0.477 e. The van der Waals surface area contributed by atoms with E-state index in [0.717, 1.165) is 4.88 Å². The Kier molecular flexibility index (Phi) is 2.82. The SMILES string of the molecule is CNc1nc(-c2cccs2)ncc1C(=O)O. The molecule has 0 amide bonds. The van der Waals surface area contributed by atoms with Gasteiger partial charge in [0.2, 0.25) is 0 Å². The molecule has 2 N–H and O–H groups in total. The van der Waals surface area contributed by atoms with Crippen LogP contribution < -0.4 is 5.32 Å². The fourth-order valence-electron chi connectivity index (χ4n) is 1.25. The van der Waals surface area contributed by atoms with Crippen molar-refractivity contribution in [3.05, 3.63) is 29.3 Å². The summed E-state index contributed by atoms with van der Waals surface area (Å²) >= 11 is 1.51. The fourth-order valence-corrected chi connectivity index (χ4v) is 1.92. The van der Waals surface area contributed by atoms with Gasteiger partial charge in [0.05, 0.1) is 4.88 Å². The van der Waals surface area contributed by atoms with Gasteiger partial charge < -0.3 is 10.4 Å². The smallest absolute Gasteiger partial charge is 0.341 e. The van der Waals surface area contributed by atoms with E-state index in [1.807, 2.05) is 17.5 Å². The number of anilines is 1. The monoisotopic (exact) mass is 235 g/mol. The van der Waals surface area contributed by atoms with Crippen molar-refractivity contribution in [3.8, 4) is 10.7 Å². The summed E-state index contributed by atoms with van der Waals surface area (Å²) in [4.78, 5) is 20.0. The van der Waals surface area contributed by atoms with Crippen LogP contribution in [0, 0.1) is 0 Å². The van der Waals surface area contributed by atoms with E-state index in [1.54, 1.807) is 7.05 Å². The van der Waals surface area contributed by atoms with E-state index < -0.39 is 5.97 Å². The normalized spacial score (nSPS) is 10.1. The lowest BCUT2D eigenvalue weighted by Gasteiger charge is -2.05. The molecule has 5 nitrogen and oxygen atoms in total. The Labute approximate surface area is 95.8 Å². The zero-order chi connectivity index (χ0) is 11.5. The first kappa shape index (κ1) is 10.6. The maximum Gasteiger partial charge on any atom is 0.341 e. The van der Waals surface area contributed by atoms with Crippen LogP contribution in [-0.2, 0) is 0 Å². The molecule has 0 radical (unpaired) electrons. The molecule has 0 fully saturated rings. The van der Waals surface area contributed by atoms with E-state index in [2.05, 4.69) is 15.3 Å². The number of thiophene rings is 1. The third-order valence-electron chi connectivity index (χ3n) is 2.00. The average molecular weight is 235 g/mol. The number of aromatic carboxylic acids is 1.